The number of rotatable bonds is 2. The third-order valence-corrected chi connectivity index (χ3v) is 3.65. The minimum Gasteiger partial charge on any atom is -0.394 e. The SMILES string of the molecule is OC[C@H]1O[C@@H](n2ccc3c(=S)nc[nH]c32)[C@@H](O)[C@@H]1O. The summed E-state index contributed by atoms with van der Waals surface area (Å²) in [6.45, 7) is -0.356. The lowest BCUT2D eigenvalue weighted by Crippen LogP contribution is -2.33. The molecular formula is C11H13N3O4S. The van der Waals surface area contributed by atoms with E-state index in [-0.39, 0.29) is 6.61 Å². The van der Waals surface area contributed by atoms with Crippen molar-refractivity contribution in [3.63, 3.8) is 0 Å². The molecule has 1 fully saturated rings. The van der Waals surface area contributed by atoms with E-state index in [0.29, 0.717) is 10.3 Å². The van der Waals surface area contributed by atoms with Gasteiger partial charge in [0, 0.05) is 6.20 Å². The Hall–Kier alpha value is -1.32. The molecule has 0 saturated carbocycles. The van der Waals surface area contributed by atoms with Crippen molar-refractivity contribution >= 4 is 23.3 Å². The number of aliphatic hydroxyl groups is 3. The predicted molar refractivity (Wildman–Crippen MR) is 67.9 cm³/mol. The maximum atomic E-state index is 10.00. The Balaban J connectivity index is 2.06. The van der Waals surface area contributed by atoms with E-state index in [0.717, 1.165) is 5.39 Å². The van der Waals surface area contributed by atoms with Crippen molar-refractivity contribution in [2.24, 2.45) is 0 Å². The van der Waals surface area contributed by atoms with E-state index in [1.807, 2.05) is 0 Å². The molecule has 0 aromatic carbocycles. The number of fused-ring (bicyclic) bond motifs is 1. The van der Waals surface area contributed by atoms with Gasteiger partial charge in [0.1, 0.15) is 28.6 Å². The molecule has 3 rings (SSSR count). The summed E-state index contributed by atoms with van der Waals surface area (Å²) in [5, 5.41) is 29.6. The van der Waals surface area contributed by atoms with Crippen molar-refractivity contribution in [2.45, 2.75) is 24.5 Å². The smallest absolute Gasteiger partial charge is 0.164 e. The molecule has 2 aromatic heterocycles. The number of aliphatic hydroxyl groups excluding tert-OH is 3. The maximum absolute atomic E-state index is 10.00. The average Bonchev–Trinajstić information content (AvgIpc) is 2.94. The topological polar surface area (TPSA) is 104 Å². The fourth-order valence-corrected chi connectivity index (χ4v) is 2.53. The fourth-order valence-electron chi connectivity index (χ4n) is 2.32. The molecule has 4 atom stereocenters. The zero-order valence-electron chi connectivity index (χ0n) is 9.80. The number of ether oxygens (including phenoxy) is 1. The number of aromatic nitrogens is 3. The van der Waals surface area contributed by atoms with Gasteiger partial charge in [0.05, 0.1) is 18.3 Å². The van der Waals surface area contributed by atoms with E-state index in [1.165, 1.54) is 6.33 Å². The standard InChI is InChI=1S/C11H13N3O4S/c15-3-6-7(16)8(17)11(18-6)14-2-1-5-9(14)12-4-13-10(5)19/h1-2,4,6-8,11,15-17H,3H2,(H,12,13,19)/t6-,7-,8+,11-/m1/s1. The summed E-state index contributed by atoms with van der Waals surface area (Å²) in [6, 6.07) is 1.76. The zero-order chi connectivity index (χ0) is 13.6. The number of H-pyrrole nitrogens is 1. The second-order valence-electron chi connectivity index (χ2n) is 4.42. The monoisotopic (exact) mass is 283 g/mol. The molecule has 0 amide bonds. The number of aromatic amines is 1. The van der Waals surface area contributed by atoms with E-state index in [4.69, 9.17) is 22.1 Å². The van der Waals surface area contributed by atoms with Crippen molar-refractivity contribution in [3.05, 3.63) is 23.2 Å². The molecule has 19 heavy (non-hydrogen) atoms. The van der Waals surface area contributed by atoms with Crippen molar-refractivity contribution in [2.75, 3.05) is 6.61 Å². The van der Waals surface area contributed by atoms with Gasteiger partial charge in [-0.1, -0.05) is 12.2 Å². The molecule has 0 bridgehead atoms. The highest BCUT2D eigenvalue weighted by Crippen LogP contribution is 2.31. The second kappa shape index (κ2) is 4.66. The van der Waals surface area contributed by atoms with Crippen LogP contribution in [0, 0.1) is 4.64 Å². The lowest BCUT2D eigenvalue weighted by atomic mass is 10.1. The van der Waals surface area contributed by atoms with Gasteiger partial charge in [0.2, 0.25) is 0 Å². The highest BCUT2D eigenvalue weighted by molar-refractivity contribution is 7.71. The number of nitrogens with zero attached hydrogens (tertiary/aromatic N) is 2. The zero-order valence-corrected chi connectivity index (χ0v) is 10.6. The molecule has 1 saturated heterocycles. The third kappa shape index (κ3) is 1.88. The Bertz CT molecular complexity index is 655. The first-order valence-electron chi connectivity index (χ1n) is 5.80. The molecule has 8 heteroatoms. The Morgan fingerprint density at radius 3 is 2.89 bits per heavy atom. The van der Waals surface area contributed by atoms with Crippen LogP contribution in [0.5, 0.6) is 0 Å². The first-order chi connectivity index (χ1) is 9.13. The van der Waals surface area contributed by atoms with Crippen LogP contribution in [0.1, 0.15) is 6.23 Å². The largest absolute Gasteiger partial charge is 0.394 e. The van der Waals surface area contributed by atoms with E-state index in [1.54, 1.807) is 16.8 Å². The van der Waals surface area contributed by atoms with Crippen LogP contribution in [0.25, 0.3) is 11.0 Å². The molecule has 4 N–H and O–H groups in total. The summed E-state index contributed by atoms with van der Waals surface area (Å²) < 4.78 is 7.55. The molecule has 0 radical (unpaired) electrons. The van der Waals surface area contributed by atoms with Crippen molar-refractivity contribution in [1.82, 2.24) is 14.5 Å². The quantitative estimate of drug-likeness (QED) is 0.565. The van der Waals surface area contributed by atoms with Gasteiger partial charge in [-0.15, -0.1) is 0 Å². The van der Waals surface area contributed by atoms with Crippen molar-refractivity contribution in [1.29, 1.82) is 0 Å². The summed E-state index contributed by atoms with van der Waals surface area (Å²) in [5.41, 5.74) is 0.648. The number of hydrogen-bond acceptors (Lipinski definition) is 6. The highest BCUT2D eigenvalue weighted by atomic mass is 32.1. The summed E-state index contributed by atoms with van der Waals surface area (Å²) in [4.78, 5) is 6.90. The van der Waals surface area contributed by atoms with E-state index in [2.05, 4.69) is 9.97 Å². The van der Waals surface area contributed by atoms with E-state index < -0.39 is 24.5 Å². The van der Waals surface area contributed by atoms with Gasteiger partial charge in [-0.05, 0) is 6.07 Å². The fraction of sp³-hybridized carbons (Fsp3) is 0.455. The molecule has 2 aromatic rings. The van der Waals surface area contributed by atoms with Crippen LogP contribution < -0.4 is 0 Å². The molecule has 0 spiro atoms. The summed E-state index contributed by atoms with van der Waals surface area (Å²) in [5.74, 6) is 0. The Morgan fingerprint density at radius 1 is 1.42 bits per heavy atom. The molecule has 102 valence electrons. The Labute approximate surface area is 113 Å². The first kappa shape index (κ1) is 12.7. The van der Waals surface area contributed by atoms with Crippen LogP contribution in [-0.4, -0.2) is 54.8 Å². The van der Waals surface area contributed by atoms with Gasteiger partial charge >= 0.3 is 0 Å². The van der Waals surface area contributed by atoms with Gasteiger partial charge in [-0.25, -0.2) is 4.98 Å². The van der Waals surface area contributed by atoms with Gasteiger partial charge < -0.3 is 29.6 Å². The summed E-state index contributed by atoms with van der Waals surface area (Å²) in [6.07, 6.45) is -0.679. The van der Waals surface area contributed by atoms with Crippen LogP contribution in [0.4, 0.5) is 0 Å². The van der Waals surface area contributed by atoms with Crippen LogP contribution in [-0.2, 0) is 4.74 Å². The first-order valence-corrected chi connectivity index (χ1v) is 6.21. The van der Waals surface area contributed by atoms with Crippen LogP contribution in [0.2, 0.25) is 0 Å². The molecule has 0 unspecified atom stereocenters. The lowest BCUT2D eigenvalue weighted by Gasteiger charge is -2.17. The molecular weight excluding hydrogens is 270 g/mol. The molecule has 1 aliphatic rings. The van der Waals surface area contributed by atoms with E-state index >= 15 is 0 Å². The molecule has 1 aliphatic heterocycles. The lowest BCUT2D eigenvalue weighted by molar-refractivity contribution is -0.0508. The van der Waals surface area contributed by atoms with Gasteiger partial charge in [-0.2, -0.15) is 0 Å². The summed E-state index contributed by atoms with van der Waals surface area (Å²) >= 11 is 5.10. The number of nitrogens with one attached hydrogen (secondary N) is 1. The minimum atomic E-state index is -1.13. The highest BCUT2D eigenvalue weighted by Gasteiger charge is 2.43. The molecule has 0 aliphatic carbocycles. The van der Waals surface area contributed by atoms with Crippen LogP contribution in [0.3, 0.4) is 0 Å². The summed E-state index contributed by atoms with van der Waals surface area (Å²) in [7, 11) is 0. The minimum absolute atomic E-state index is 0.356. The van der Waals surface area contributed by atoms with Gasteiger partial charge in [0.25, 0.3) is 0 Å². The van der Waals surface area contributed by atoms with Crippen molar-refractivity contribution < 1.29 is 20.1 Å². The Morgan fingerprint density at radius 2 is 2.21 bits per heavy atom. The Kier molecular flexibility index (Phi) is 3.11. The van der Waals surface area contributed by atoms with E-state index in [9.17, 15) is 10.2 Å². The molecule has 7 nitrogen and oxygen atoms in total. The third-order valence-electron chi connectivity index (χ3n) is 3.32. The van der Waals surface area contributed by atoms with Crippen LogP contribution >= 0.6 is 12.2 Å². The number of hydrogen-bond donors (Lipinski definition) is 4. The second-order valence-corrected chi connectivity index (χ2v) is 4.81. The molecule has 3 heterocycles. The maximum Gasteiger partial charge on any atom is 0.164 e. The van der Waals surface area contributed by atoms with Crippen LogP contribution in [0.15, 0.2) is 18.6 Å². The normalized spacial score (nSPS) is 31.1. The van der Waals surface area contributed by atoms with Gasteiger partial charge in [0.15, 0.2) is 6.23 Å². The predicted octanol–water partition coefficient (Wildman–Crippen LogP) is -0.295. The average molecular weight is 283 g/mol. The van der Waals surface area contributed by atoms with Crippen molar-refractivity contribution in [3.8, 4) is 0 Å². The van der Waals surface area contributed by atoms with Gasteiger partial charge in [-0.3, -0.25) is 0 Å².